The third-order valence-corrected chi connectivity index (χ3v) is 3.93. The molecule has 0 saturated heterocycles. The summed E-state index contributed by atoms with van der Waals surface area (Å²) in [6, 6.07) is 14.8. The number of hydrogen-bond donors (Lipinski definition) is 3. The number of carbonyl (C=O) groups excluding carboxylic acids is 2. The molecule has 132 valence electrons. The highest BCUT2D eigenvalue weighted by molar-refractivity contribution is 5.94. The first-order valence-electron chi connectivity index (χ1n) is 8.43. The fourth-order valence-electron chi connectivity index (χ4n) is 2.50. The molecule has 5 nitrogen and oxygen atoms in total. The minimum atomic E-state index is -0.308. The van der Waals surface area contributed by atoms with E-state index in [4.69, 9.17) is 5.73 Å². The quantitative estimate of drug-likeness (QED) is 0.507. The Bertz CT molecular complexity index is 726. The largest absolute Gasteiger partial charge is 0.397 e. The van der Waals surface area contributed by atoms with Crippen molar-refractivity contribution in [2.75, 3.05) is 11.1 Å². The molecule has 0 aromatic heterocycles. The zero-order chi connectivity index (χ0) is 18.2. The summed E-state index contributed by atoms with van der Waals surface area (Å²) < 4.78 is 0. The van der Waals surface area contributed by atoms with Gasteiger partial charge in [-0.25, -0.2) is 0 Å². The van der Waals surface area contributed by atoms with Gasteiger partial charge >= 0.3 is 0 Å². The first-order valence-corrected chi connectivity index (χ1v) is 8.43. The molecule has 1 atom stereocenters. The summed E-state index contributed by atoms with van der Waals surface area (Å²) in [7, 11) is 0. The first-order chi connectivity index (χ1) is 12.0. The SMILES string of the molecule is CC(=O)CCCC(NC(=O)c1ccc(C)cc1)Nc1ccccc1N. The maximum absolute atomic E-state index is 12.5. The van der Waals surface area contributed by atoms with Crippen LogP contribution in [0.5, 0.6) is 0 Å². The van der Waals surface area contributed by atoms with Gasteiger partial charge in [0.25, 0.3) is 5.91 Å². The van der Waals surface area contributed by atoms with Gasteiger partial charge < -0.3 is 21.2 Å². The molecular formula is C20H25N3O2. The molecule has 0 bridgehead atoms. The molecule has 0 aliphatic heterocycles. The molecule has 2 aromatic rings. The average Bonchev–Trinajstić information content (AvgIpc) is 2.57. The van der Waals surface area contributed by atoms with Crippen LogP contribution in [-0.2, 0) is 4.79 Å². The van der Waals surface area contributed by atoms with Crippen LogP contribution in [-0.4, -0.2) is 17.9 Å². The number of Topliss-reactive ketones (excluding diaryl/α,β-unsaturated/α-hetero) is 1. The van der Waals surface area contributed by atoms with Crippen LogP contribution in [0.4, 0.5) is 11.4 Å². The lowest BCUT2D eigenvalue weighted by atomic mass is 10.1. The van der Waals surface area contributed by atoms with Gasteiger partial charge in [-0.15, -0.1) is 0 Å². The summed E-state index contributed by atoms with van der Waals surface area (Å²) in [5, 5.41) is 6.25. The molecule has 0 aliphatic carbocycles. The van der Waals surface area contributed by atoms with Crippen LogP contribution in [0.15, 0.2) is 48.5 Å². The van der Waals surface area contributed by atoms with Gasteiger partial charge in [0, 0.05) is 12.0 Å². The minimum Gasteiger partial charge on any atom is -0.397 e. The molecule has 2 aromatic carbocycles. The van der Waals surface area contributed by atoms with Crippen LogP contribution < -0.4 is 16.4 Å². The Morgan fingerprint density at radius 3 is 2.40 bits per heavy atom. The molecule has 2 rings (SSSR count). The lowest BCUT2D eigenvalue weighted by molar-refractivity contribution is -0.117. The van der Waals surface area contributed by atoms with E-state index in [1.165, 1.54) is 0 Å². The second-order valence-corrected chi connectivity index (χ2v) is 6.22. The highest BCUT2D eigenvalue weighted by Crippen LogP contribution is 2.19. The third kappa shape index (κ3) is 5.95. The number of aryl methyl sites for hydroxylation is 1. The molecule has 0 fully saturated rings. The van der Waals surface area contributed by atoms with Crippen molar-refractivity contribution in [3.63, 3.8) is 0 Å². The zero-order valence-corrected chi connectivity index (χ0v) is 14.7. The number of nitrogens with one attached hydrogen (secondary N) is 2. The Morgan fingerprint density at radius 2 is 1.76 bits per heavy atom. The number of anilines is 2. The van der Waals surface area contributed by atoms with Crippen molar-refractivity contribution in [1.82, 2.24) is 5.32 Å². The Morgan fingerprint density at radius 1 is 1.08 bits per heavy atom. The predicted molar refractivity (Wildman–Crippen MR) is 101 cm³/mol. The fraction of sp³-hybridized carbons (Fsp3) is 0.300. The summed E-state index contributed by atoms with van der Waals surface area (Å²) in [5.74, 6) is -0.0161. The Labute approximate surface area is 148 Å². The van der Waals surface area contributed by atoms with Crippen molar-refractivity contribution in [3.05, 3.63) is 59.7 Å². The van der Waals surface area contributed by atoms with Gasteiger partial charge in [-0.3, -0.25) is 4.79 Å². The molecule has 25 heavy (non-hydrogen) atoms. The van der Waals surface area contributed by atoms with Crippen molar-refractivity contribution in [1.29, 1.82) is 0 Å². The Hall–Kier alpha value is -2.82. The molecule has 5 heteroatoms. The van der Waals surface area contributed by atoms with Gasteiger partial charge in [-0.1, -0.05) is 29.8 Å². The van der Waals surface area contributed by atoms with Crippen LogP contribution in [0.1, 0.15) is 42.1 Å². The summed E-state index contributed by atoms with van der Waals surface area (Å²) in [6.07, 6.45) is 1.50. The van der Waals surface area contributed by atoms with Gasteiger partial charge in [0.1, 0.15) is 5.78 Å². The summed E-state index contributed by atoms with van der Waals surface area (Å²) >= 11 is 0. The minimum absolute atomic E-state index is 0.142. The van der Waals surface area contributed by atoms with E-state index < -0.39 is 0 Å². The van der Waals surface area contributed by atoms with Crippen LogP contribution in [0.3, 0.4) is 0 Å². The van der Waals surface area contributed by atoms with Gasteiger partial charge in [-0.05, 0) is 51.0 Å². The molecule has 0 spiro atoms. The van der Waals surface area contributed by atoms with Crippen LogP contribution >= 0.6 is 0 Å². The highest BCUT2D eigenvalue weighted by Gasteiger charge is 2.15. The number of ketones is 1. The van der Waals surface area contributed by atoms with Gasteiger partial charge in [-0.2, -0.15) is 0 Å². The molecule has 1 amide bonds. The summed E-state index contributed by atoms with van der Waals surface area (Å²) in [6.45, 7) is 3.55. The topological polar surface area (TPSA) is 84.2 Å². The highest BCUT2D eigenvalue weighted by atomic mass is 16.1. The van der Waals surface area contributed by atoms with Crippen molar-refractivity contribution < 1.29 is 9.59 Å². The van der Waals surface area contributed by atoms with E-state index in [1.54, 1.807) is 25.1 Å². The normalized spacial score (nSPS) is 11.6. The first kappa shape index (κ1) is 18.5. The molecule has 0 heterocycles. The maximum Gasteiger partial charge on any atom is 0.252 e. The van der Waals surface area contributed by atoms with E-state index in [2.05, 4.69) is 10.6 Å². The second-order valence-electron chi connectivity index (χ2n) is 6.22. The van der Waals surface area contributed by atoms with E-state index >= 15 is 0 Å². The Balaban J connectivity index is 2.07. The van der Waals surface area contributed by atoms with Gasteiger partial charge in [0.15, 0.2) is 0 Å². The number of benzene rings is 2. The Kier molecular flexibility index (Phi) is 6.57. The van der Waals surface area contributed by atoms with Crippen molar-refractivity contribution in [2.45, 2.75) is 39.3 Å². The predicted octanol–water partition coefficient (Wildman–Crippen LogP) is 3.50. The number of amides is 1. The number of carbonyl (C=O) groups is 2. The van der Waals surface area contributed by atoms with E-state index in [-0.39, 0.29) is 17.9 Å². The lowest BCUT2D eigenvalue weighted by Gasteiger charge is -2.22. The number of nitrogen functional groups attached to an aromatic ring is 1. The van der Waals surface area contributed by atoms with Crippen molar-refractivity contribution >= 4 is 23.1 Å². The summed E-state index contributed by atoms with van der Waals surface area (Å²) in [4.78, 5) is 23.7. The van der Waals surface area contributed by atoms with Crippen LogP contribution in [0, 0.1) is 6.92 Å². The van der Waals surface area contributed by atoms with E-state index in [0.717, 1.165) is 11.3 Å². The van der Waals surface area contributed by atoms with Crippen molar-refractivity contribution in [2.24, 2.45) is 0 Å². The third-order valence-electron chi connectivity index (χ3n) is 3.93. The number of nitrogens with two attached hydrogens (primary N) is 1. The van der Waals surface area contributed by atoms with E-state index in [1.807, 2.05) is 37.3 Å². The number of rotatable bonds is 8. The van der Waals surface area contributed by atoms with E-state index in [9.17, 15) is 9.59 Å². The number of para-hydroxylation sites is 2. The van der Waals surface area contributed by atoms with Crippen LogP contribution in [0.2, 0.25) is 0 Å². The maximum atomic E-state index is 12.5. The van der Waals surface area contributed by atoms with Gasteiger partial charge in [0.05, 0.1) is 17.5 Å². The molecule has 0 aliphatic rings. The zero-order valence-electron chi connectivity index (χ0n) is 14.7. The summed E-state index contributed by atoms with van der Waals surface area (Å²) in [5.41, 5.74) is 9.06. The van der Waals surface area contributed by atoms with E-state index in [0.29, 0.717) is 30.5 Å². The number of hydrogen-bond acceptors (Lipinski definition) is 4. The smallest absolute Gasteiger partial charge is 0.252 e. The molecule has 4 N–H and O–H groups in total. The molecule has 1 unspecified atom stereocenters. The average molecular weight is 339 g/mol. The molecule has 0 radical (unpaired) electrons. The lowest BCUT2D eigenvalue weighted by Crippen LogP contribution is -2.40. The van der Waals surface area contributed by atoms with Gasteiger partial charge in [0.2, 0.25) is 0 Å². The fourth-order valence-corrected chi connectivity index (χ4v) is 2.50. The standard InChI is InChI=1S/C20H25N3O2/c1-14-10-12-16(13-11-14)20(25)23-19(9-5-6-15(2)24)22-18-8-4-3-7-17(18)21/h3-4,7-8,10-13,19,22H,5-6,9,21H2,1-2H3,(H,23,25). The molecular weight excluding hydrogens is 314 g/mol. The van der Waals surface area contributed by atoms with Crippen LogP contribution in [0.25, 0.3) is 0 Å². The second kappa shape index (κ2) is 8.87. The van der Waals surface area contributed by atoms with Crippen molar-refractivity contribution in [3.8, 4) is 0 Å². The molecule has 0 saturated carbocycles. The monoisotopic (exact) mass is 339 g/mol.